The molecule has 7 heteroatoms. The first kappa shape index (κ1) is 9.51. The standard InChI is InChI=1S/C3H6ClNO4S/c1-10(7,8)5-3(6)9-2-4/h2H2,1H3,(H,5,6). The van der Waals surface area contributed by atoms with E-state index in [1.807, 2.05) is 0 Å². The molecule has 0 unspecified atom stereocenters. The van der Waals surface area contributed by atoms with Gasteiger partial charge in [0, 0.05) is 0 Å². The summed E-state index contributed by atoms with van der Waals surface area (Å²) in [6.45, 7) is 0. The van der Waals surface area contributed by atoms with Crippen molar-refractivity contribution in [1.82, 2.24) is 4.72 Å². The normalized spacial score (nSPS) is 10.6. The topological polar surface area (TPSA) is 72.5 Å². The van der Waals surface area contributed by atoms with Gasteiger partial charge in [-0.2, -0.15) is 0 Å². The third-order valence-electron chi connectivity index (χ3n) is 0.454. The van der Waals surface area contributed by atoms with Crippen LogP contribution in [-0.4, -0.2) is 26.8 Å². The predicted molar refractivity (Wildman–Crippen MR) is 35.2 cm³/mol. The minimum atomic E-state index is -3.53. The molecular formula is C3H6ClNO4S. The van der Waals surface area contributed by atoms with Gasteiger partial charge in [0.15, 0.2) is 6.07 Å². The first-order valence-electron chi connectivity index (χ1n) is 2.16. The lowest BCUT2D eigenvalue weighted by Gasteiger charge is -1.99. The maximum atomic E-state index is 10.3. The molecule has 0 aromatic heterocycles. The monoisotopic (exact) mass is 187 g/mol. The van der Waals surface area contributed by atoms with E-state index in [2.05, 4.69) is 4.74 Å². The molecule has 0 aliphatic carbocycles. The van der Waals surface area contributed by atoms with E-state index in [-0.39, 0.29) is 6.07 Å². The fourth-order valence-corrected chi connectivity index (χ4v) is 0.691. The summed E-state index contributed by atoms with van der Waals surface area (Å²) in [6.07, 6.45) is -0.236. The summed E-state index contributed by atoms with van der Waals surface area (Å²) < 4.78 is 26.1. The molecule has 0 radical (unpaired) electrons. The predicted octanol–water partition coefficient (Wildman–Crippen LogP) is -0.131. The van der Waals surface area contributed by atoms with Crippen molar-refractivity contribution in [3.63, 3.8) is 0 Å². The Kier molecular flexibility index (Phi) is 3.45. The summed E-state index contributed by atoms with van der Waals surface area (Å²) in [4.78, 5) is 10.3. The van der Waals surface area contributed by atoms with E-state index in [1.54, 1.807) is 4.72 Å². The number of amides is 1. The Hall–Kier alpha value is -0.490. The van der Waals surface area contributed by atoms with Gasteiger partial charge in [-0.1, -0.05) is 11.6 Å². The largest absolute Gasteiger partial charge is 0.433 e. The molecule has 0 spiro atoms. The van der Waals surface area contributed by atoms with Gasteiger partial charge in [0.2, 0.25) is 10.0 Å². The summed E-state index contributed by atoms with van der Waals surface area (Å²) in [6, 6.07) is -0.374. The Morgan fingerprint density at radius 2 is 2.20 bits per heavy atom. The van der Waals surface area contributed by atoms with Crippen molar-refractivity contribution in [3.8, 4) is 0 Å². The number of carbonyl (C=O) groups is 1. The second-order valence-electron chi connectivity index (χ2n) is 1.42. The number of alkyl halides is 1. The number of carbonyl (C=O) groups excluding carboxylic acids is 1. The first-order valence-corrected chi connectivity index (χ1v) is 4.59. The molecule has 0 bridgehead atoms. The molecule has 0 aliphatic heterocycles. The highest BCUT2D eigenvalue weighted by molar-refractivity contribution is 7.89. The van der Waals surface area contributed by atoms with Crippen LogP contribution in [0.25, 0.3) is 0 Å². The molecule has 1 amide bonds. The van der Waals surface area contributed by atoms with Crippen LogP contribution in [0.4, 0.5) is 4.79 Å². The number of ether oxygens (including phenoxy) is 1. The van der Waals surface area contributed by atoms with Crippen LogP contribution in [0.15, 0.2) is 0 Å². The van der Waals surface area contributed by atoms with Gasteiger partial charge in [0.25, 0.3) is 0 Å². The molecule has 0 aromatic carbocycles. The van der Waals surface area contributed by atoms with Crippen LogP contribution in [0.2, 0.25) is 0 Å². The van der Waals surface area contributed by atoms with Crippen LogP contribution >= 0.6 is 11.6 Å². The van der Waals surface area contributed by atoms with Gasteiger partial charge in [-0.25, -0.2) is 17.9 Å². The summed E-state index contributed by atoms with van der Waals surface area (Å²) in [7, 11) is -3.53. The second kappa shape index (κ2) is 3.62. The summed E-state index contributed by atoms with van der Waals surface area (Å²) in [5.41, 5.74) is 0. The number of nitrogens with one attached hydrogen (secondary N) is 1. The van der Waals surface area contributed by atoms with E-state index in [4.69, 9.17) is 11.6 Å². The Balaban J connectivity index is 3.82. The molecule has 0 rings (SSSR count). The Labute approximate surface area is 63.4 Å². The Morgan fingerprint density at radius 3 is 2.50 bits per heavy atom. The highest BCUT2D eigenvalue weighted by atomic mass is 35.5. The number of hydrogen-bond donors (Lipinski definition) is 1. The van der Waals surface area contributed by atoms with Crippen LogP contribution in [0, 0.1) is 0 Å². The average Bonchev–Trinajstić information content (AvgIpc) is 1.59. The number of halogens is 1. The van der Waals surface area contributed by atoms with Gasteiger partial charge in [-0.15, -0.1) is 0 Å². The molecule has 5 nitrogen and oxygen atoms in total. The lowest BCUT2D eigenvalue weighted by Crippen LogP contribution is -2.29. The lowest BCUT2D eigenvalue weighted by atomic mass is 11.2. The maximum Gasteiger partial charge on any atom is 0.422 e. The number of sulfonamides is 1. The van der Waals surface area contributed by atoms with Gasteiger partial charge < -0.3 is 4.74 Å². The molecule has 0 heterocycles. The van der Waals surface area contributed by atoms with E-state index >= 15 is 0 Å². The van der Waals surface area contributed by atoms with Gasteiger partial charge in [0.1, 0.15) is 0 Å². The average molecular weight is 188 g/mol. The summed E-state index contributed by atoms with van der Waals surface area (Å²) in [5.74, 6) is 0. The van der Waals surface area contributed by atoms with Crippen molar-refractivity contribution in [1.29, 1.82) is 0 Å². The zero-order valence-electron chi connectivity index (χ0n) is 5.13. The Bertz CT molecular complexity index is 211. The highest BCUT2D eigenvalue weighted by Crippen LogP contribution is 1.82. The minimum Gasteiger partial charge on any atom is -0.433 e. The van der Waals surface area contributed by atoms with Crippen molar-refractivity contribution in [2.75, 3.05) is 12.3 Å². The minimum absolute atomic E-state index is 0.374. The van der Waals surface area contributed by atoms with Crippen molar-refractivity contribution < 1.29 is 17.9 Å². The van der Waals surface area contributed by atoms with Crippen LogP contribution < -0.4 is 4.72 Å². The maximum absolute atomic E-state index is 10.3. The fourth-order valence-electron chi connectivity index (χ4n) is 0.230. The van der Waals surface area contributed by atoms with E-state index in [9.17, 15) is 13.2 Å². The molecule has 0 aromatic rings. The van der Waals surface area contributed by atoms with Gasteiger partial charge in [-0.3, -0.25) is 0 Å². The van der Waals surface area contributed by atoms with Gasteiger partial charge >= 0.3 is 6.09 Å². The number of rotatable bonds is 2. The number of hydrogen-bond acceptors (Lipinski definition) is 4. The van der Waals surface area contributed by atoms with E-state index in [0.717, 1.165) is 6.26 Å². The lowest BCUT2D eigenvalue weighted by molar-refractivity contribution is 0.171. The SMILES string of the molecule is CS(=O)(=O)NC(=O)OCCl. The quantitative estimate of drug-likeness (QED) is 0.612. The molecule has 10 heavy (non-hydrogen) atoms. The van der Waals surface area contributed by atoms with E-state index < -0.39 is 16.1 Å². The fraction of sp³-hybridized carbons (Fsp3) is 0.667. The zero-order chi connectivity index (χ0) is 8.20. The molecule has 60 valence electrons. The van der Waals surface area contributed by atoms with Crippen LogP contribution in [0.5, 0.6) is 0 Å². The third kappa shape index (κ3) is 5.64. The summed E-state index contributed by atoms with van der Waals surface area (Å²) in [5, 5.41) is 0. The van der Waals surface area contributed by atoms with E-state index in [1.165, 1.54) is 0 Å². The summed E-state index contributed by atoms with van der Waals surface area (Å²) >= 11 is 4.95. The van der Waals surface area contributed by atoms with Gasteiger partial charge in [-0.05, 0) is 0 Å². The van der Waals surface area contributed by atoms with Crippen molar-refractivity contribution in [3.05, 3.63) is 0 Å². The van der Waals surface area contributed by atoms with Crippen molar-refractivity contribution in [2.45, 2.75) is 0 Å². The Morgan fingerprint density at radius 1 is 1.70 bits per heavy atom. The molecule has 0 atom stereocenters. The van der Waals surface area contributed by atoms with Gasteiger partial charge in [0.05, 0.1) is 6.26 Å². The second-order valence-corrected chi connectivity index (χ2v) is 3.38. The van der Waals surface area contributed by atoms with Crippen LogP contribution in [0.3, 0.4) is 0 Å². The molecule has 0 saturated heterocycles. The zero-order valence-corrected chi connectivity index (χ0v) is 6.70. The van der Waals surface area contributed by atoms with Crippen LogP contribution in [0.1, 0.15) is 0 Å². The smallest absolute Gasteiger partial charge is 0.422 e. The molecule has 0 saturated carbocycles. The molecule has 1 N–H and O–H groups in total. The van der Waals surface area contributed by atoms with E-state index in [0.29, 0.717) is 0 Å². The van der Waals surface area contributed by atoms with Crippen molar-refractivity contribution >= 4 is 27.7 Å². The highest BCUT2D eigenvalue weighted by Gasteiger charge is 2.07. The van der Waals surface area contributed by atoms with Crippen LogP contribution in [-0.2, 0) is 14.8 Å². The third-order valence-corrected chi connectivity index (χ3v) is 1.10. The molecule has 0 aliphatic rings. The first-order chi connectivity index (χ1) is 4.45. The molecule has 0 fully saturated rings. The molecular weight excluding hydrogens is 182 g/mol. The van der Waals surface area contributed by atoms with Crippen molar-refractivity contribution in [2.24, 2.45) is 0 Å².